The molecule has 0 bridgehead atoms. The molecule has 4 rings (SSSR count). The predicted molar refractivity (Wildman–Crippen MR) is 131 cm³/mol. The van der Waals surface area contributed by atoms with Crippen LogP contribution in [0.1, 0.15) is 31.2 Å². The first-order chi connectivity index (χ1) is 16.3. The van der Waals surface area contributed by atoms with Crippen LogP contribution < -0.4 is 20.7 Å². The lowest BCUT2D eigenvalue weighted by atomic mass is 9.91. The van der Waals surface area contributed by atoms with Gasteiger partial charge in [-0.3, -0.25) is 0 Å². The predicted octanol–water partition coefficient (Wildman–Crippen LogP) is 5.89. The first kappa shape index (κ1) is 24.5. The monoisotopic (exact) mass is 537 g/mol. The zero-order valence-corrected chi connectivity index (χ0v) is 20.3. The fourth-order valence-corrected chi connectivity index (χ4v) is 4.66. The largest absolute Gasteiger partial charge is 0.573 e. The Morgan fingerprint density at radius 3 is 2.50 bits per heavy atom. The van der Waals surface area contributed by atoms with Crippen LogP contribution in [0.4, 0.5) is 24.9 Å². The molecule has 1 fully saturated rings. The van der Waals surface area contributed by atoms with E-state index in [0.717, 1.165) is 42.4 Å². The lowest BCUT2D eigenvalue weighted by Crippen LogP contribution is -2.38. The van der Waals surface area contributed by atoms with E-state index in [1.54, 1.807) is 12.1 Å². The standard InChI is InChI=1S/C24H27BrF3N5O/c1-29-22-19-4-2-3-5-20(19)32-23(33-22)31-18-10-8-17(9-11-18)30-13-12-15-6-7-16(25)14-21(15)34-24(26,27)28/h2-7,14,17-18,30H,8-13H2,1H3,(H2,29,31,32,33). The van der Waals surface area contributed by atoms with E-state index in [-0.39, 0.29) is 11.8 Å². The van der Waals surface area contributed by atoms with Gasteiger partial charge in [-0.25, -0.2) is 4.98 Å². The molecular formula is C24H27BrF3N5O. The van der Waals surface area contributed by atoms with Gasteiger partial charge in [0.25, 0.3) is 0 Å². The summed E-state index contributed by atoms with van der Waals surface area (Å²) in [6.45, 7) is 0.581. The zero-order chi connectivity index (χ0) is 24.1. The van der Waals surface area contributed by atoms with Crippen LogP contribution in [-0.2, 0) is 6.42 Å². The minimum atomic E-state index is -4.71. The molecule has 0 aliphatic heterocycles. The Labute approximate surface area is 204 Å². The van der Waals surface area contributed by atoms with Crippen LogP contribution in [0, 0.1) is 0 Å². The van der Waals surface area contributed by atoms with E-state index in [9.17, 15) is 13.2 Å². The number of halogens is 4. The first-order valence-corrected chi connectivity index (χ1v) is 12.1. The number of alkyl halides is 3. The Morgan fingerprint density at radius 1 is 1.03 bits per heavy atom. The van der Waals surface area contributed by atoms with Crippen molar-refractivity contribution in [1.82, 2.24) is 15.3 Å². The molecule has 1 aromatic heterocycles. The molecule has 10 heteroatoms. The molecule has 0 atom stereocenters. The lowest BCUT2D eigenvalue weighted by Gasteiger charge is -2.30. The highest BCUT2D eigenvalue weighted by Crippen LogP contribution is 2.30. The van der Waals surface area contributed by atoms with Crippen molar-refractivity contribution in [3.8, 4) is 5.75 Å². The minimum absolute atomic E-state index is 0.159. The number of hydrogen-bond donors (Lipinski definition) is 3. The summed E-state index contributed by atoms with van der Waals surface area (Å²) in [5, 5.41) is 11.1. The van der Waals surface area contributed by atoms with E-state index in [0.29, 0.717) is 35.0 Å². The summed E-state index contributed by atoms with van der Waals surface area (Å²) in [4.78, 5) is 9.26. The number of nitrogens with one attached hydrogen (secondary N) is 3. The Kier molecular flexibility index (Phi) is 7.77. The SMILES string of the molecule is CNc1nc(NC2CCC(NCCc3ccc(Br)cc3OC(F)(F)F)CC2)nc2ccccc12. The van der Waals surface area contributed by atoms with Gasteiger partial charge >= 0.3 is 6.36 Å². The molecule has 0 unspecified atom stereocenters. The highest BCUT2D eigenvalue weighted by Gasteiger charge is 2.32. The molecule has 3 N–H and O–H groups in total. The molecule has 0 saturated heterocycles. The molecule has 0 amide bonds. The van der Waals surface area contributed by atoms with Crippen molar-refractivity contribution in [3.05, 3.63) is 52.5 Å². The van der Waals surface area contributed by atoms with Crippen molar-refractivity contribution < 1.29 is 17.9 Å². The van der Waals surface area contributed by atoms with Gasteiger partial charge in [0.15, 0.2) is 0 Å². The van der Waals surface area contributed by atoms with Gasteiger partial charge in [0.1, 0.15) is 11.6 Å². The van der Waals surface area contributed by atoms with E-state index < -0.39 is 6.36 Å². The number of hydrogen-bond acceptors (Lipinski definition) is 6. The first-order valence-electron chi connectivity index (χ1n) is 11.3. The third-order valence-corrected chi connectivity index (χ3v) is 6.48. The van der Waals surface area contributed by atoms with Gasteiger partial charge in [-0.2, -0.15) is 4.98 Å². The fourth-order valence-electron chi connectivity index (χ4n) is 4.32. The van der Waals surface area contributed by atoms with E-state index >= 15 is 0 Å². The molecule has 3 aromatic rings. The molecular weight excluding hydrogens is 511 g/mol. The molecule has 6 nitrogen and oxygen atoms in total. The fraction of sp³-hybridized carbons (Fsp3) is 0.417. The van der Waals surface area contributed by atoms with Crippen molar-refractivity contribution in [2.24, 2.45) is 0 Å². The van der Waals surface area contributed by atoms with Crippen LogP contribution in [0.2, 0.25) is 0 Å². The normalized spacial score (nSPS) is 18.6. The maximum atomic E-state index is 12.7. The van der Waals surface area contributed by atoms with Crippen molar-refractivity contribution in [1.29, 1.82) is 0 Å². The number of benzene rings is 2. The summed E-state index contributed by atoms with van der Waals surface area (Å²) < 4.78 is 42.9. The summed E-state index contributed by atoms with van der Waals surface area (Å²) in [7, 11) is 1.85. The quantitative estimate of drug-likeness (QED) is 0.333. The van der Waals surface area contributed by atoms with Crippen LogP contribution in [0.25, 0.3) is 10.9 Å². The second kappa shape index (κ2) is 10.8. The van der Waals surface area contributed by atoms with E-state index in [2.05, 4.69) is 46.6 Å². The van der Waals surface area contributed by atoms with E-state index in [4.69, 9.17) is 0 Å². The Morgan fingerprint density at radius 2 is 1.76 bits per heavy atom. The molecule has 182 valence electrons. The van der Waals surface area contributed by atoms with Gasteiger partial charge in [-0.1, -0.05) is 34.1 Å². The highest BCUT2D eigenvalue weighted by atomic mass is 79.9. The van der Waals surface area contributed by atoms with Crippen LogP contribution in [0.5, 0.6) is 5.75 Å². The maximum absolute atomic E-state index is 12.7. The van der Waals surface area contributed by atoms with Gasteiger partial charge in [0, 0.05) is 29.0 Å². The summed E-state index contributed by atoms with van der Waals surface area (Å²) in [6.07, 6.45) is -0.397. The third-order valence-electron chi connectivity index (χ3n) is 5.98. The zero-order valence-electron chi connectivity index (χ0n) is 18.8. The molecule has 1 aliphatic rings. The maximum Gasteiger partial charge on any atom is 0.573 e. The number of nitrogens with zero attached hydrogens (tertiary/aromatic N) is 2. The molecule has 0 radical (unpaired) electrons. The van der Waals surface area contributed by atoms with Crippen molar-refractivity contribution in [2.75, 3.05) is 24.2 Å². The van der Waals surface area contributed by atoms with Crippen molar-refractivity contribution in [2.45, 2.75) is 50.6 Å². The summed E-state index contributed by atoms with van der Waals surface area (Å²) in [5.41, 5.74) is 1.42. The van der Waals surface area contributed by atoms with Gasteiger partial charge in [0.2, 0.25) is 5.95 Å². The summed E-state index contributed by atoms with van der Waals surface area (Å²) in [6, 6.07) is 13.2. The lowest BCUT2D eigenvalue weighted by molar-refractivity contribution is -0.274. The number of ether oxygens (including phenoxy) is 1. The number of para-hydroxylation sites is 1. The minimum Gasteiger partial charge on any atom is -0.405 e. The number of aromatic nitrogens is 2. The van der Waals surface area contributed by atoms with Crippen molar-refractivity contribution in [3.63, 3.8) is 0 Å². The van der Waals surface area contributed by atoms with E-state index in [1.165, 1.54) is 6.07 Å². The summed E-state index contributed by atoms with van der Waals surface area (Å²) >= 11 is 3.20. The van der Waals surface area contributed by atoms with Crippen LogP contribution >= 0.6 is 15.9 Å². The topological polar surface area (TPSA) is 71.1 Å². The number of rotatable bonds is 8. The molecule has 2 aromatic carbocycles. The van der Waals surface area contributed by atoms with Crippen molar-refractivity contribution >= 4 is 38.6 Å². The Balaban J connectivity index is 1.27. The second-order valence-electron chi connectivity index (χ2n) is 8.36. The Hall–Kier alpha value is -2.59. The molecule has 1 aliphatic carbocycles. The Bertz CT molecular complexity index is 1120. The summed E-state index contributed by atoms with van der Waals surface area (Å²) in [5.74, 6) is 1.25. The molecule has 34 heavy (non-hydrogen) atoms. The van der Waals surface area contributed by atoms with Gasteiger partial charge in [0.05, 0.1) is 5.52 Å². The molecule has 1 saturated carbocycles. The van der Waals surface area contributed by atoms with Crippen LogP contribution in [0.3, 0.4) is 0 Å². The molecule has 1 heterocycles. The van der Waals surface area contributed by atoms with Crippen LogP contribution in [-0.4, -0.2) is 42.0 Å². The van der Waals surface area contributed by atoms with Gasteiger partial charge in [-0.15, -0.1) is 13.2 Å². The molecule has 0 spiro atoms. The average molecular weight is 538 g/mol. The third kappa shape index (κ3) is 6.50. The van der Waals surface area contributed by atoms with E-state index in [1.807, 2.05) is 31.3 Å². The number of anilines is 2. The average Bonchev–Trinajstić information content (AvgIpc) is 2.80. The van der Waals surface area contributed by atoms with Gasteiger partial charge in [-0.05, 0) is 68.5 Å². The number of fused-ring (bicyclic) bond motifs is 1. The van der Waals surface area contributed by atoms with Gasteiger partial charge < -0.3 is 20.7 Å². The smallest absolute Gasteiger partial charge is 0.405 e. The highest BCUT2D eigenvalue weighted by molar-refractivity contribution is 9.10. The van der Waals surface area contributed by atoms with Crippen LogP contribution in [0.15, 0.2) is 46.9 Å². The second-order valence-corrected chi connectivity index (χ2v) is 9.28.